The quantitative estimate of drug-likeness (QED) is 0.814. The average molecular weight is 218 g/mol. The van der Waals surface area contributed by atoms with E-state index in [1.807, 2.05) is 0 Å². The summed E-state index contributed by atoms with van der Waals surface area (Å²) >= 11 is 0. The van der Waals surface area contributed by atoms with Crippen LogP contribution in [0.1, 0.15) is 37.0 Å². The Labute approximate surface area is 98.2 Å². The van der Waals surface area contributed by atoms with Crippen molar-refractivity contribution in [3.05, 3.63) is 34.9 Å². The molecule has 1 atom stereocenters. The Morgan fingerprint density at radius 3 is 2.94 bits per heavy atom. The number of nitrogens with one attached hydrogen (secondary N) is 1. The van der Waals surface area contributed by atoms with E-state index in [0.717, 1.165) is 25.8 Å². The van der Waals surface area contributed by atoms with E-state index < -0.39 is 0 Å². The summed E-state index contributed by atoms with van der Waals surface area (Å²) in [4.78, 5) is 0. The smallest absolute Gasteiger partial charge is 0.0207 e. The van der Waals surface area contributed by atoms with Crippen LogP contribution in [0.4, 0.5) is 0 Å². The third kappa shape index (κ3) is 2.83. The van der Waals surface area contributed by atoms with Crippen molar-refractivity contribution in [1.29, 1.82) is 0 Å². The summed E-state index contributed by atoms with van der Waals surface area (Å²) in [6, 6.07) is 7.74. The molecule has 0 saturated carbocycles. The number of aryl methyl sites for hydroxylation is 1. The van der Waals surface area contributed by atoms with Crippen LogP contribution in [0.5, 0.6) is 0 Å². The maximum Gasteiger partial charge on any atom is 0.0207 e. The van der Waals surface area contributed by atoms with Crippen LogP contribution >= 0.6 is 0 Å². The number of rotatable bonds is 3. The van der Waals surface area contributed by atoms with Crippen LogP contribution in [0.2, 0.25) is 0 Å². The summed E-state index contributed by atoms with van der Waals surface area (Å²) in [5.41, 5.74) is 10.3. The minimum absolute atomic E-state index is 0.368. The number of hydrogen-bond acceptors (Lipinski definition) is 2. The van der Waals surface area contributed by atoms with Crippen molar-refractivity contribution in [2.75, 3.05) is 0 Å². The van der Waals surface area contributed by atoms with E-state index in [1.54, 1.807) is 0 Å². The lowest BCUT2D eigenvalue weighted by Crippen LogP contribution is -2.28. The van der Waals surface area contributed by atoms with Gasteiger partial charge in [0.15, 0.2) is 0 Å². The zero-order valence-corrected chi connectivity index (χ0v) is 10.3. The molecule has 2 heteroatoms. The predicted molar refractivity (Wildman–Crippen MR) is 68.4 cm³/mol. The van der Waals surface area contributed by atoms with Crippen molar-refractivity contribution < 1.29 is 0 Å². The topological polar surface area (TPSA) is 38.0 Å². The van der Waals surface area contributed by atoms with E-state index in [1.165, 1.54) is 16.7 Å². The fraction of sp³-hybridized carbons (Fsp3) is 0.571. The Hall–Kier alpha value is -0.860. The van der Waals surface area contributed by atoms with Gasteiger partial charge in [-0.15, -0.1) is 0 Å². The molecule has 0 heterocycles. The predicted octanol–water partition coefficient (Wildman–Crippen LogP) is 2.00. The molecule has 0 fully saturated rings. The van der Waals surface area contributed by atoms with Gasteiger partial charge >= 0.3 is 0 Å². The lowest BCUT2D eigenvalue weighted by molar-refractivity contribution is 0.570. The first-order valence-corrected chi connectivity index (χ1v) is 6.25. The molecule has 88 valence electrons. The van der Waals surface area contributed by atoms with Crippen molar-refractivity contribution in [3.63, 3.8) is 0 Å². The molecule has 0 spiro atoms. The van der Waals surface area contributed by atoms with Crippen LogP contribution in [-0.4, -0.2) is 12.1 Å². The Morgan fingerprint density at radius 2 is 2.19 bits per heavy atom. The molecule has 3 N–H and O–H groups in total. The van der Waals surface area contributed by atoms with Crippen molar-refractivity contribution in [1.82, 2.24) is 5.32 Å². The maximum atomic E-state index is 5.97. The van der Waals surface area contributed by atoms with Crippen molar-refractivity contribution >= 4 is 0 Å². The Kier molecular flexibility index (Phi) is 3.62. The average Bonchev–Trinajstić information content (AvgIpc) is 2.26. The van der Waals surface area contributed by atoms with E-state index in [0.29, 0.717) is 12.1 Å². The Bertz CT molecular complexity index is 358. The minimum Gasteiger partial charge on any atom is -0.327 e. The molecule has 2 rings (SSSR count). The van der Waals surface area contributed by atoms with Crippen LogP contribution in [0, 0.1) is 0 Å². The summed E-state index contributed by atoms with van der Waals surface area (Å²) in [6.07, 6.45) is 3.33. The first-order chi connectivity index (χ1) is 7.65. The molecule has 0 aromatic heterocycles. The van der Waals surface area contributed by atoms with Gasteiger partial charge in [0.05, 0.1) is 0 Å². The van der Waals surface area contributed by atoms with Crippen molar-refractivity contribution in [3.8, 4) is 0 Å². The van der Waals surface area contributed by atoms with Crippen LogP contribution in [0.3, 0.4) is 0 Å². The molecule has 1 aromatic rings. The zero-order chi connectivity index (χ0) is 11.5. The standard InChI is InChI=1S/C14H22N2/c1-10(2)16-9-11-3-4-13-8-14(15)6-5-12(13)7-11/h3-4,7,10,14,16H,5-6,8-9,15H2,1-2H3. The molecule has 16 heavy (non-hydrogen) atoms. The number of nitrogens with two attached hydrogens (primary N) is 1. The van der Waals surface area contributed by atoms with Gasteiger partial charge in [0.2, 0.25) is 0 Å². The molecule has 1 unspecified atom stereocenters. The van der Waals surface area contributed by atoms with Gasteiger partial charge in [-0.2, -0.15) is 0 Å². The monoisotopic (exact) mass is 218 g/mol. The molecule has 1 aliphatic rings. The van der Waals surface area contributed by atoms with Crippen LogP contribution < -0.4 is 11.1 Å². The van der Waals surface area contributed by atoms with Gasteiger partial charge < -0.3 is 11.1 Å². The first kappa shape index (κ1) is 11.6. The van der Waals surface area contributed by atoms with Crippen LogP contribution in [0.15, 0.2) is 18.2 Å². The molecule has 0 saturated heterocycles. The van der Waals surface area contributed by atoms with Crippen LogP contribution in [0.25, 0.3) is 0 Å². The summed E-state index contributed by atoms with van der Waals surface area (Å²) in [5, 5.41) is 3.45. The molecular formula is C14H22N2. The van der Waals surface area contributed by atoms with Crippen molar-refractivity contribution in [2.45, 2.75) is 51.7 Å². The Balaban J connectivity index is 2.07. The number of benzene rings is 1. The second-order valence-corrected chi connectivity index (χ2v) is 5.14. The molecular weight excluding hydrogens is 196 g/mol. The van der Waals surface area contributed by atoms with Gasteiger partial charge in [0.25, 0.3) is 0 Å². The highest BCUT2D eigenvalue weighted by Crippen LogP contribution is 2.21. The SMILES string of the molecule is CC(C)NCc1ccc2c(c1)CCC(N)C2. The largest absolute Gasteiger partial charge is 0.327 e. The highest BCUT2D eigenvalue weighted by Gasteiger charge is 2.15. The van der Waals surface area contributed by atoms with Gasteiger partial charge in [-0.25, -0.2) is 0 Å². The van der Waals surface area contributed by atoms with Crippen LogP contribution in [-0.2, 0) is 19.4 Å². The molecule has 0 amide bonds. The van der Waals surface area contributed by atoms with E-state index in [2.05, 4.69) is 37.4 Å². The third-order valence-electron chi connectivity index (χ3n) is 3.25. The molecule has 0 radical (unpaired) electrons. The summed E-state index contributed by atoms with van der Waals surface area (Å²) in [6.45, 7) is 5.33. The molecule has 1 aromatic carbocycles. The Morgan fingerprint density at radius 1 is 1.38 bits per heavy atom. The molecule has 0 bridgehead atoms. The summed E-state index contributed by atoms with van der Waals surface area (Å²) < 4.78 is 0. The summed E-state index contributed by atoms with van der Waals surface area (Å²) in [5.74, 6) is 0. The van der Waals surface area contributed by atoms with E-state index in [-0.39, 0.29) is 0 Å². The van der Waals surface area contributed by atoms with Gasteiger partial charge in [0, 0.05) is 18.6 Å². The van der Waals surface area contributed by atoms with E-state index >= 15 is 0 Å². The molecule has 1 aliphatic carbocycles. The molecule has 2 nitrogen and oxygen atoms in total. The van der Waals surface area contributed by atoms with Gasteiger partial charge in [-0.05, 0) is 36.0 Å². The fourth-order valence-corrected chi connectivity index (χ4v) is 2.27. The van der Waals surface area contributed by atoms with Gasteiger partial charge in [-0.3, -0.25) is 0 Å². The summed E-state index contributed by atoms with van der Waals surface area (Å²) in [7, 11) is 0. The van der Waals surface area contributed by atoms with Gasteiger partial charge in [0.1, 0.15) is 0 Å². The maximum absolute atomic E-state index is 5.97. The van der Waals surface area contributed by atoms with Gasteiger partial charge in [-0.1, -0.05) is 32.0 Å². The second-order valence-electron chi connectivity index (χ2n) is 5.14. The van der Waals surface area contributed by atoms with E-state index in [9.17, 15) is 0 Å². The normalized spacial score (nSPS) is 19.9. The number of hydrogen-bond donors (Lipinski definition) is 2. The van der Waals surface area contributed by atoms with E-state index in [4.69, 9.17) is 5.73 Å². The second kappa shape index (κ2) is 4.98. The van der Waals surface area contributed by atoms with Crippen molar-refractivity contribution in [2.24, 2.45) is 5.73 Å². The zero-order valence-electron chi connectivity index (χ0n) is 10.3. The lowest BCUT2D eigenvalue weighted by Gasteiger charge is -2.22. The highest BCUT2D eigenvalue weighted by atomic mass is 14.9. The lowest BCUT2D eigenvalue weighted by atomic mass is 9.87. The fourth-order valence-electron chi connectivity index (χ4n) is 2.27. The number of fused-ring (bicyclic) bond motifs is 1. The third-order valence-corrected chi connectivity index (χ3v) is 3.25. The minimum atomic E-state index is 0.368. The first-order valence-electron chi connectivity index (χ1n) is 6.25. The molecule has 0 aliphatic heterocycles. The highest BCUT2D eigenvalue weighted by molar-refractivity contribution is 5.34.